The normalized spacial score (nSPS) is 17.4. The second-order valence-corrected chi connectivity index (χ2v) is 5.55. The molecule has 0 atom stereocenters. The molecule has 0 saturated carbocycles. The lowest BCUT2D eigenvalue weighted by Crippen LogP contribution is -2.42. The number of aromatic carboxylic acids is 1. The van der Waals surface area contributed by atoms with Crippen molar-refractivity contribution < 1.29 is 14.3 Å². The number of carbonyl (C=O) groups is 1. The molecule has 2 N–H and O–H groups in total. The summed E-state index contributed by atoms with van der Waals surface area (Å²) in [6, 6.07) is 5.04. The molecule has 0 unspecified atom stereocenters. The van der Waals surface area contributed by atoms with Crippen molar-refractivity contribution in [1.82, 2.24) is 4.90 Å². The van der Waals surface area contributed by atoms with E-state index in [-0.39, 0.29) is 5.56 Å². The summed E-state index contributed by atoms with van der Waals surface area (Å²) in [5.41, 5.74) is 0.390. The number of piperidine rings is 1. The summed E-state index contributed by atoms with van der Waals surface area (Å²) >= 11 is 0. The van der Waals surface area contributed by atoms with Gasteiger partial charge in [0.2, 0.25) is 0 Å². The quantitative estimate of drug-likeness (QED) is 0.890. The highest BCUT2D eigenvalue weighted by atomic mass is 19.1. The molecule has 1 saturated heterocycles. The SMILES string of the molecule is CC(C)N1CCC(Nc2ccc(F)c(C(=O)O)c2)CC1. The van der Waals surface area contributed by atoms with Gasteiger partial charge in [0.15, 0.2) is 0 Å². The van der Waals surface area contributed by atoms with Crippen molar-refractivity contribution in [3.05, 3.63) is 29.6 Å². The third kappa shape index (κ3) is 3.48. The van der Waals surface area contributed by atoms with Crippen LogP contribution in [0.2, 0.25) is 0 Å². The summed E-state index contributed by atoms with van der Waals surface area (Å²) in [5.74, 6) is -1.93. The first kappa shape index (κ1) is 14.8. The maximum absolute atomic E-state index is 13.3. The number of carboxylic acids is 1. The molecule has 20 heavy (non-hydrogen) atoms. The van der Waals surface area contributed by atoms with Crippen LogP contribution in [0.5, 0.6) is 0 Å². The third-order valence-electron chi connectivity index (χ3n) is 3.83. The predicted molar refractivity (Wildman–Crippen MR) is 76.7 cm³/mol. The number of halogens is 1. The highest BCUT2D eigenvalue weighted by Crippen LogP contribution is 2.20. The van der Waals surface area contributed by atoms with E-state index >= 15 is 0 Å². The van der Waals surface area contributed by atoms with E-state index in [0.717, 1.165) is 25.9 Å². The first-order valence-corrected chi connectivity index (χ1v) is 7.01. The zero-order chi connectivity index (χ0) is 14.7. The Hall–Kier alpha value is -1.62. The van der Waals surface area contributed by atoms with Gasteiger partial charge in [0.25, 0.3) is 0 Å². The number of nitrogens with one attached hydrogen (secondary N) is 1. The van der Waals surface area contributed by atoms with Crippen molar-refractivity contribution in [3.63, 3.8) is 0 Å². The van der Waals surface area contributed by atoms with Crippen LogP contribution in [-0.4, -0.2) is 41.1 Å². The van der Waals surface area contributed by atoms with Gasteiger partial charge in [-0.05, 0) is 44.9 Å². The fourth-order valence-corrected chi connectivity index (χ4v) is 2.57. The van der Waals surface area contributed by atoms with E-state index in [1.54, 1.807) is 6.07 Å². The van der Waals surface area contributed by atoms with Crippen molar-refractivity contribution in [1.29, 1.82) is 0 Å². The molecule has 0 spiro atoms. The van der Waals surface area contributed by atoms with E-state index in [9.17, 15) is 9.18 Å². The van der Waals surface area contributed by atoms with E-state index in [1.165, 1.54) is 12.1 Å². The molecule has 1 fully saturated rings. The lowest BCUT2D eigenvalue weighted by Gasteiger charge is -2.35. The minimum Gasteiger partial charge on any atom is -0.478 e. The van der Waals surface area contributed by atoms with E-state index in [2.05, 4.69) is 24.1 Å². The molecule has 1 heterocycles. The van der Waals surface area contributed by atoms with Crippen LogP contribution in [0.4, 0.5) is 10.1 Å². The molecule has 0 radical (unpaired) electrons. The number of carboxylic acid groups (broad SMARTS) is 1. The van der Waals surface area contributed by atoms with Gasteiger partial charge in [-0.15, -0.1) is 0 Å². The summed E-state index contributed by atoms with van der Waals surface area (Å²) in [5, 5.41) is 12.2. The monoisotopic (exact) mass is 280 g/mol. The summed E-state index contributed by atoms with van der Waals surface area (Å²) in [4.78, 5) is 13.3. The number of benzene rings is 1. The minimum atomic E-state index is -1.24. The zero-order valence-corrected chi connectivity index (χ0v) is 11.9. The molecule has 110 valence electrons. The minimum absolute atomic E-state index is 0.283. The molecule has 5 heteroatoms. The molecular formula is C15H21FN2O2. The van der Waals surface area contributed by atoms with E-state index in [0.29, 0.717) is 17.8 Å². The molecule has 4 nitrogen and oxygen atoms in total. The maximum atomic E-state index is 13.3. The van der Waals surface area contributed by atoms with Gasteiger partial charge in [0, 0.05) is 30.9 Å². The van der Waals surface area contributed by atoms with Crippen LogP contribution in [0.1, 0.15) is 37.0 Å². The van der Waals surface area contributed by atoms with Crippen LogP contribution in [0, 0.1) is 5.82 Å². The first-order chi connectivity index (χ1) is 9.47. The highest BCUT2D eigenvalue weighted by Gasteiger charge is 2.21. The Balaban J connectivity index is 1.98. The number of likely N-dealkylation sites (tertiary alicyclic amines) is 1. The lowest BCUT2D eigenvalue weighted by atomic mass is 10.0. The number of nitrogens with zero attached hydrogens (tertiary/aromatic N) is 1. The highest BCUT2D eigenvalue weighted by molar-refractivity contribution is 5.89. The van der Waals surface area contributed by atoms with E-state index < -0.39 is 11.8 Å². The van der Waals surface area contributed by atoms with Crippen molar-refractivity contribution in [2.75, 3.05) is 18.4 Å². The van der Waals surface area contributed by atoms with Crippen LogP contribution in [0.3, 0.4) is 0 Å². The maximum Gasteiger partial charge on any atom is 0.338 e. The van der Waals surface area contributed by atoms with Gasteiger partial charge < -0.3 is 15.3 Å². The summed E-state index contributed by atoms with van der Waals surface area (Å²) in [6.45, 7) is 6.43. The Morgan fingerprint density at radius 3 is 2.60 bits per heavy atom. The standard InChI is InChI=1S/C15H21FN2O2/c1-10(2)18-7-5-11(6-8-18)17-12-3-4-14(16)13(9-12)15(19)20/h3-4,9-11,17H,5-8H2,1-2H3,(H,19,20). The summed E-state index contributed by atoms with van der Waals surface area (Å²) < 4.78 is 13.3. The first-order valence-electron chi connectivity index (χ1n) is 7.01. The Labute approximate surface area is 118 Å². The second kappa shape index (κ2) is 6.22. The van der Waals surface area contributed by atoms with Crippen molar-refractivity contribution in [2.45, 2.75) is 38.8 Å². The molecule has 1 aliphatic rings. The number of hydrogen-bond acceptors (Lipinski definition) is 3. The molecule has 0 aromatic heterocycles. The summed E-state index contributed by atoms with van der Waals surface area (Å²) in [7, 11) is 0. The van der Waals surface area contributed by atoms with Crippen LogP contribution in [0.15, 0.2) is 18.2 Å². The molecular weight excluding hydrogens is 259 g/mol. The Kier molecular flexibility index (Phi) is 4.60. The van der Waals surface area contributed by atoms with E-state index in [1.807, 2.05) is 0 Å². The lowest BCUT2D eigenvalue weighted by molar-refractivity contribution is 0.0692. The number of hydrogen-bond donors (Lipinski definition) is 2. The summed E-state index contributed by atoms with van der Waals surface area (Å²) in [6.07, 6.45) is 2.02. The topological polar surface area (TPSA) is 52.6 Å². The van der Waals surface area contributed by atoms with Gasteiger partial charge in [0.05, 0.1) is 5.56 Å². The Morgan fingerprint density at radius 2 is 2.05 bits per heavy atom. The van der Waals surface area contributed by atoms with Crippen molar-refractivity contribution in [3.8, 4) is 0 Å². The van der Waals surface area contributed by atoms with E-state index in [4.69, 9.17) is 5.11 Å². The molecule has 0 amide bonds. The Morgan fingerprint density at radius 1 is 1.40 bits per heavy atom. The molecule has 1 aromatic rings. The average molecular weight is 280 g/mol. The molecule has 2 rings (SSSR count). The number of anilines is 1. The predicted octanol–water partition coefficient (Wildman–Crippen LogP) is 2.81. The molecule has 1 aliphatic heterocycles. The second-order valence-electron chi connectivity index (χ2n) is 5.55. The molecule has 0 aliphatic carbocycles. The average Bonchev–Trinajstić information content (AvgIpc) is 2.41. The van der Waals surface area contributed by atoms with Crippen LogP contribution < -0.4 is 5.32 Å². The van der Waals surface area contributed by atoms with Crippen LogP contribution in [-0.2, 0) is 0 Å². The van der Waals surface area contributed by atoms with Gasteiger partial charge in [-0.3, -0.25) is 0 Å². The van der Waals surface area contributed by atoms with Gasteiger partial charge in [-0.1, -0.05) is 0 Å². The fraction of sp³-hybridized carbons (Fsp3) is 0.533. The molecule has 1 aromatic carbocycles. The fourth-order valence-electron chi connectivity index (χ4n) is 2.57. The van der Waals surface area contributed by atoms with Gasteiger partial charge in [0.1, 0.15) is 5.82 Å². The third-order valence-corrected chi connectivity index (χ3v) is 3.83. The number of rotatable bonds is 4. The smallest absolute Gasteiger partial charge is 0.338 e. The van der Waals surface area contributed by atoms with Gasteiger partial charge in [-0.25, -0.2) is 9.18 Å². The van der Waals surface area contributed by atoms with Crippen LogP contribution >= 0.6 is 0 Å². The van der Waals surface area contributed by atoms with Crippen molar-refractivity contribution in [2.24, 2.45) is 0 Å². The van der Waals surface area contributed by atoms with Crippen LogP contribution in [0.25, 0.3) is 0 Å². The zero-order valence-electron chi connectivity index (χ0n) is 11.9. The van der Waals surface area contributed by atoms with Gasteiger partial charge in [-0.2, -0.15) is 0 Å². The van der Waals surface area contributed by atoms with Crippen molar-refractivity contribution >= 4 is 11.7 Å². The van der Waals surface area contributed by atoms with Gasteiger partial charge >= 0.3 is 5.97 Å². The largest absolute Gasteiger partial charge is 0.478 e. The Bertz CT molecular complexity index is 483. The molecule has 0 bridgehead atoms.